The average Bonchev–Trinajstić information content (AvgIpc) is 2.36. The summed E-state index contributed by atoms with van der Waals surface area (Å²) in [4.78, 5) is 11.3. The van der Waals surface area contributed by atoms with Gasteiger partial charge in [-0.15, -0.1) is 0 Å². The molecule has 0 amide bonds. The summed E-state index contributed by atoms with van der Waals surface area (Å²) in [6.45, 7) is 2.85. The number of esters is 1. The molecule has 1 heterocycles. The Hall–Kier alpha value is -0.710. The maximum Gasteiger partial charge on any atom is 0.342 e. The Kier molecular flexibility index (Phi) is 2.09. The summed E-state index contributed by atoms with van der Waals surface area (Å²) in [6, 6.07) is 0. The molecule has 1 aliphatic heterocycles. The normalized spacial score (nSPS) is 55.0. The number of carbonyl (C=O) groups excluding carboxylic acids is 1. The summed E-state index contributed by atoms with van der Waals surface area (Å²) in [6.07, 6.45) is -2.88. The Balaban J connectivity index is 2.47. The van der Waals surface area contributed by atoms with Crippen molar-refractivity contribution >= 4 is 5.97 Å². The van der Waals surface area contributed by atoms with Gasteiger partial charge in [0, 0.05) is 0 Å². The van der Waals surface area contributed by atoms with E-state index < -0.39 is 35.4 Å². The van der Waals surface area contributed by atoms with Crippen LogP contribution in [0.3, 0.4) is 0 Å². The van der Waals surface area contributed by atoms with E-state index in [1.54, 1.807) is 6.92 Å². The van der Waals surface area contributed by atoms with E-state index >= 15 is 0 Å². The molecule has 3 nitrogen and oxygen atoms in total. The molecule has 5 heteroatoms. The molecule has 0 spiro atoms. The van der Waals surface area contributed by atoms with E-state index in [0.717, 1.165) is 0 Å². The van der Waals surface area contributed by atoms with Crippen molar-refractivity contribution < 1.29 is 23.4 Å². The van der Waals surface area contributed by atoms with Crippen LogP contribution in [0.25, 0.3) is 0 Å². The number of ether oxygens (including phenoxy) is 1. The van der Waals surface area contributed by atoms with Crippen molar-refractivity contribution in [1.29, 1.82) is 0 Å². The Labute approximate surface area is 86.4 Å². The first-order valence-corrected chi connectivity index (χ1v) is 5.10. The molecule has 5 unspecified atom stereocenters. The lowest BCUT2D eigenvalue weighted by atomic mass is 9.67. The molecule has 15 heavy (non-hydrogen) atoms. The number of halogens is 2. The van der Waals surface area contributed by atoms with Gasteiger partial charge in [-0.25, -0.2) is 13.6 Å². The van der Waals surface area contributed by atoms with E-state index in [9.17, 15) is 18.7 Å². The second-order valence-corrected chi connectivity index (χ2v) is 4.59. The van der Waals surface area contributed by atoms with Crippen LogP contribution in [-0.4, -0.2) is 34.6 Å². The molecule has 86 valence electrons. The number of aliphatic hydroxyl groups is 1. The number of cyclic esters (lactones) is 1. The quantitative estimate of drug-likeness (QED) is 0.623. The summed E-state index contributed by atoms with van der Waals surface area (Å²) in [7, 11) is 0. The second-order valence-electron chi connectivity index (χ2n) is 4.59. The van der Waals surface area contributed by atoms with Crippen LogP contribution in [0.4, 0.5) is 8.78 Å². The van der Waals surface area contributed by atoms with Crippen LogP contribution in [0, 0.1) is 5.92 Å². The first-order chi connectivity index (χ1) is 6.84. The van der Waals surface area contributed by atoms with Crippen molar-refractivity contribution in [3.05, 3.63) is 0 Å². The number of alkyl halides is 2. The Morgan fingerprint density at radius 2 is 2.13 bits per heavy atom. The van der Waals surface area contributed by atoms with Crippen LogP contribution in [0.1, 0.15) is 26.7 Å². The van der Waals surface area contributed by atoms with Crippen LogP contribution >= 0.6 is 0 Å². The molecule has 0 aromatic rings. The molecule has 5 atom stereocenters. The van der Waals surface area contributed by atoms with Gasteiger partial charge in [0.05, 0.1) is 0 Å². The summed E-state index contributed by atoms with van der Waals surface area (Å²) in [5, 5.41) is 9.91. The highest BCUT2D eigenvalue weighted by molar-refractivity contribution is 5.84. The Bertz CT molecular complexity index is 309. The number of carbonyl (C=O) groups is 1. The van der Waals surface area contributed by atoms with E-state index in [0.29, 0.717) is 0 Å². The van der Waals surface area contributed by atoms with Gasteiger partial charge < -0.3 is 9.84 Å². The maximum absolute atomic E-state index is 14.5. The van der Waals surface area contributed by atoms with Crippen molar-refractivity contribution in [1.82, 2.24) is 0 Å². The molecule has 2 aliphatic rings. The monoisotopic (exact) mass is 220 g/mol. The molecule has 2 fully saturated rings. The minimum Gasteiger partial charge on any atom is -0.457 e. The zero-order valence-corrected chi connectivity index (χ0v) is 8.67. The minimum absolute atomic E-state index is 0.0751. The summed E-state index contributed by atoms with van der Waals surface area (Å²) in [5.74, 6) is -1.54. The molecule has 0 aromatic heterocycles. The predicted octanol–water partition coefficient (Wildman–Crippen LogP) is 1.14. The van der Waals surface area contributed by atoms with Gasteiger partial charge in [-0.2, -0.15) is 0 Å². The number of fused-ring (bicyclic) bond motifs is 1. The van der Waals surface area contributed by atoms with E-state index in [1.807, 2.05) is 0 Å². The summed E-state index contributed by atoms with van der Waals surface area (Å²) >= 11 is 0. The zero-order valence-electron chi connectivity index (χ0n) is 8.67. The lowest BCUT2D eigenvalue weighted by Gasteiger charge is -2.42. The van der Waals surface area contributed by atoms with Gasteiger partial charge in [0.25, 0.3) is 0 Å². The average molecular weight is 220 g/mol. The Morgan fingerprint density at radius 1 is 1.53 bits per heavy atom. The highest BCUT2D eigenvalue weighted by atomic mass is 19.2. The highest BCUT2D eigenvalue weighted by Crippen LogP contribution is 2.51. The van der Waals surface area contributed by atoms with E-state index in [2.05, 4.69) is 4.74 Å². The minimum atomic E-state index is -2.60. The van der Waals surface area contributed by atoms with E-state index in [1.165, 1.54) is 6.92 Å². The number of hydrogen-bond donors (Lipinski definition) is 1. The van der Waals surface area contributed by atoms with Gasteiger partial charge in [-0.3, -0.25) is 0 Å². The molecule has 0 aromatic carbocycles. The van der Waals surface area contributed by atoms with Gasteiger partial charge in [-0.1, -0.05) is 6.92 Å². The van der Waals surface area contributed by atoms with Gasteiger partial charge in [0.1, 0.15) is 12.3 Å². The van der Waals surface area contributed by atoms with Crippen molar-refractivity contribution in [2.24, 2.45) is 5.92 Å². The van der Waals surface area contributed by atoms with Crippen molar-refractivity contribution in [3.8, 4) is 0 Å². The van der Waals surface area contributed by atoms with Crippen molar-refractivity contribution in [2.75, 3.05) is 0 Å². The highest BCUT2D eigenvalue weighted by Gasteiger charge is 2.73. The first kappa shape index (κ1) is 10.8. The topological polar surface area (TPSA) is 46.5 Å². The lowest BCUT2D eigenvalue weighted by molar-refractivity contribution is -0.175. The number of rotatable bonds is 0. The van der Waals surface area contributed by atoms with Gasteiger partial charge in [-0.05, 0) is 25.7 Å². The van der Waals surface area contributed by atoms with Crippen LogP contribution in [0.2, 0.25) is 0 Å². The van der Waals surface area contributed by atoms with Gasteiger partial charge in [0.2, 0.25) is 11.3 Å². The fourth-order valence-electron chi connectivity index (χ4n) is 2.58. The molecule has 1 N–H and O–H groups in total. The van der Waals surface area contributed by atoms with Crippen molar-refractivity contribution in [3.63, 3.8) is 0 Å². The smallest absolute Gasteiger partial charge is 0.342 e. The van der Waals surface area contributed by atoms with E-state index in [-0.39, 0.29) is 12.8 Å². The number of hydrogen-bond acceptors (Lipinski definition) is 3. The van der Waals surface area contributed by atoms with Gasteiger partial charge in [0.15, 0.2) is 0 Å². The Morgan fingerprint density at radius 3 is 2.73 bits per heavy atom. The molecule has 1 saturated heterocycles. The van der Waals surface area contributed by atoms with Crippen molar-refractivity contribution in [2.45, 2.75) is 50.2 Å². The third kappa shape index (κ3) is 1.04. The fraction of sp³-hybridized carbons (Fsp3) is 0.900. The van der Waals surface area contributed by atoms with Crippen LogP contribution in [-0.2, 0) is 9.53 Å². The third-order valence-corrected chi connectivity index (χ3v) is 3.71. The molecular formula is C10H14F2O3. The molecular weight excluding hydrogens is 206 g/mol. The van der Waals surface area contributed by atoms with Crippen LogP contribution in [0.15, 0.2) is 0 Å². The lowest BCUT2D eigenvalue weighted by Crippen LogP contribution is -2.64. The molecule has 1 saturated carbocycles. The summed E-state index contributed by atoms with van der Waals surface area (Å²) in [5.41, 5.74) is -4.89. The van der Waals surface area contributed by atoms with E-state index in [4.69, 9.17) is 0 Å². The third-order valence-electron chi connectivity index (χ3n) is 3.71. The largest absolute Gasteiger partial charge is 0.457 e. The van der Waals surface area contributed by atoms with Gasteiger partial charge >= 0.3 is 5.97 Å². The standard InChI is InChI=1S/C10H14F2O3/c1-5-3-4-9(14)8(13)15-6(2)10(9,12)7(5)11/h5-7,14H,3-4H2,1-2H3. The zero-order chi connectivity index (χ0) is 11.4. The first-order valence-electron chi connectivity index (χ1n) is 5.10. The maximum atomic E-state index is 14.5. The summed E-state index contributed by atoms with van der Waals surface area (Å²) < 4.78 is 32.9. The molecule has 2 rings (SSSR count). The SMILES string of the molecule is CC1CCC2(O)C(=O)OC(C)C2(F)C1F. The predicted molar refractivity (Wildman–Crippen MR) is 47.6 cm³/mol. The molecule has 0 bridgehead atoms. The molecule has 0 radical (unpaired) electrons. The van der Waals surface area contributed by atoms with Crippen LogP contribution in [0.5, 0.6) is 0 Å². The fourth-order valence-corrected chi connectivity index (χ4v) is 2.58. The second kappa shape index (κ2) is 2.90. The van der Waals surface area contributed by atoms with Crippen LogP contribution < -0.4 is 0 Å². The molecule has 1 aliphatic carbocycles.